The van der Waals surface area contributed by atoms with Crippen molar-refractivity contribution in [2.75, 3.05) is 6.54 Å². The van der Waals surface area contributed by atoms with Crippen LogP contribution < -0.4 is 15.4 Å². The highest BCUT2D eigenvalue weighted by Crippen LogP contribution is 2.39. The molecule has 0 spiro atoms. The first-order valence-corrected chi connectivity index (χ1v) is 11.2. The third-order valence-corrected chi connectivity index (χ3v) is 5.49. The molecule has 3 heterocycles. The van der Waals surface area contributed by atoms with Gasteiger partial charge in [-0.1, -0.05) is 24.3 Å². The van der Waals surface area contributed by atoms with Crippen LogP contribution in [0.2, 0.25) is 0 Å². The van der Waals surface area contributed by atoms with Gasteiger partial charge < -0.3 is 15.4 Å². The van der Waals surface area contributed by atoms with Crippen molar-refractivity contribution in [3.8, 4) is 11.6 Å². The average Bonchev–Trinajstić information content (AvgIpc) is 3.09. The lowest BCUT2D eigenvalue weighted by Crippen LogP contribution is -2.45. The summed E-state index contributed by atoms with van der Waals surface area (Å²) in [5.74, 6) is 2.53. The lowest BCUT2D eigenvalue weighted by atomic mass is 9.90. The average molecular weight is 560 g/mol. The third kappa shape index (κ3) is 6.04. The fourth-order valence-corrected chi connectivity index (χ4v) is 4.08. The van der Waals surface area contributed by atoms with E-state index in [0.717, 1.165) is 53.0 Å². The van der Waals surface area contributed by atoms with Crippen molar-refractivity contribution < 1.29 is 4.74 Å². The molecule has 176 valence electrons. The van der Waals surface area contributed by atoms with Crippen LogP contribution in [0.5, 0.6) is 5.75 Å². The summed E-state index contributed by atoms with van der Waals surface area (Å²) >= 11 is 0. The zero-order valence-electron chi connectivity index (χ0n) is 19.9. The van der Waals surface area contributed by atoms with Crippen molar-refractivity contribution >= 4 is 29.9 Å². The smallest absolute Gasteiger partial charge is 0.192 e. The maximum Gasteiger partial charge on any atom is 0.192 e. The number of guanidine groups is 1. The van der Waals surface area contributed by atoms with Crippen LogP contribution in [-0.2, 0) is 6.54 Å². The number of pyridine rings is 1. The fraction of sp³-hybridized carbons (Fsp3) is 0.400. The van der Waals surface area contributed by atoms with Crippen LogP contribution >= 0.6 is 24.0 Å². The summed E-state index contributed by atoms with van der Waals surface area (Å²) in [4.78, 5) is 9.40. The van der Waals surface area contributed by atoms with Gasteiger partial charge in [-0.2, -0.15) is 5.10 Å². The summed E-state index contributed by atoms with van der Waals surface area (Å²) in [6.45, 7) is 11.7. The van der Waals surface area contributed by atoms with Gasteiger partial charge in [0.1, 0.15) is 11.4 Å². The Bertz CT molecular complexity index is 1110. The molecule has 0 radical (unpaired) electrons. The Balaban J connectivity index is 0.00000306. The molecule has 1 unspecified atom stereocenters. The molecule has 0 aliphatic carbocycles. The van der Waals surface area contributed by atoms with E-state index in [1.807, 2.05) is 49.0 Å². The van der Waals surface area contributed by atoms with Crippen LogP contribution in [0.3, 0.4) is 0 Å². The van der Waals surface area contributed by atoms with E-state index in [2.05, 4.69) is 59.7 Å². The second-order valence-corrected chi connectivity index (χ2v) is 8.86. The molecule has 33 heavy (non-hydrogen) atoms. The molecule has 2 N–H and O–H groups in total. The number of para-hydroxylation sites is 1. The normalized spacial score (nSPS) is 16.9. The molecular formula is C25H33IN6O. The van der Waals surface area contributed by atoms with Crippen molar-refractivity contribution in [3.63, 3.8) is 0 Å². The van der Waals surface area contributed by atoms with Crippen LogP contribution in [-0.4, -0.2) is 32.9 Å². The largest absolute Gasteiger partial charge is 0.487 e. The summed E-state index contributed by atoms with van der Waals surface area (Å²) in [6, 6.07) is 14.4. The number of nitrogens with zero attached hydrogens (tertiary/aromatic N) is 4. The minimum atomic E-state index is -0.244. The number of nitrogens with one attached hydrogen (secondary N) is 2. The van der Waals surface area contributed by atoms with Crippen molar-refractivity contribution in [2.24, 2.45) is 4.99 Å². The van der Waals surface area contributed by atoms with Gasteiger partial charge in [-0.15, -0.1) is 24.0 Å². The number of hydrogen-bond donors (Lipinski definition) is 2. The van der Waals surface area contributed by atoms with E-state index >= 15 is 0 Å². The van der Waals surface area contributed by atoms with E-state index < -0.39 is 0 Å². The Morgan fingerprint density at radius 1 is 1.21 bits per heavy atom. The molecule has 3 aromatic rings. The van der Waals surface area contributed by atoms with Crippen LogP contribution in [0.25, 0.3) is 5.82 Å². The molecule has 2 aromatic heterocycles. The fourth-order valence-electron chi connectivity index (χ4n) is 4.08. The summed E-state index contributed by atoms with van der Waals surface area (Å²) < 4.78 is 8.02. The molecule has 1 aliphatic rings. The SMILES string of the molecule is CCNC(=NCc1ccc(-n2nc(C)cc2C)nc1)NC1CC(C)(C)Oc2ccccc21.I. The highest BCUT2D eigenvalue weighted by molar-refractivity contribution is 14.0. The van der Waals surface area contributed by atoms with Gasteiger partial charge in [0.05, 0.1) is 18.3 Å². The first-order valence-electron chi connectivity index (χ1n) is 11.2. The van der Waals surface area contributed by atoms with Crippen molar-refractivity contribution in [1.82, 2.24) is 25.4 Å². The topological polar surface area (TPSA) is 76.4 Å². The van der Waals surface area contributed by atoms with Gasteiger partial charge in [-0.3, -0.25) is 0 Å². The first kappa shape index (κ1) is 25.0. The quantitative estimate of drug-likeness (QED) is 0.265. The Hall–Kier alpha value is -2.62. The Labute approximate surface area is 213 Å². The van der Waals surface area contributed by atoms with E-state index in [9.17, 15) is 0 Å². The minimum Gasteiger partial charge on any atom is -0.487 e. The highest BCUT2D eigenvalue weighted by Gasteiger charge is 2.33. The van der Waals surface area contributed by atoms with Crippen molar-refractivity contribution in [2.45, 2.75) is 59.2 Å². The zero-order chi connectivity index (χ0) is 22.7. The Morgan fingerprint density at radius 3 is 2.67 bits per heavy atom. The number of aryl methyl sites for hydroxylation is 2. The molecule has 1 atom stereocenters. The lowest BCUT2D eigenvalue weighted by Gasteiger charge is -2.38. The lowest BCUT2D eigenvalue weighted by molar-refractivity contribution is 0.0694. The predicted octanol–water partition coefficient (Wildman–Crippen LogP) is 4.86. The summed E-state index contributed by atoms with van der Waals surface area (Å²) in [5.41, 5.74) is 4.01. The number of hydrogen-bond acceptors (Lipinski definition) is 4. The molecule has 4 rings (SSSR count). The molecule has 0 fully saturated rings. The number of benzene rings is 1. The van der Waals surface area contributed by atoms with Crippen LogP contribution in [0.4, 0.5) is 0 Å². The number of ether oxygens (including phenoxy) is 1. The van der Waals surface area contributed by atoms with Gasteiger partial charge in [0.25, 0.3) is 0 Å². The molecule has 0 saturated carbocycles. The summed E-state index contributed by atoms with van der Waals surface area (Å²) in [6.07, 6.45) is 2.72. The van der Waals surface area contributed by atoms with E-state index in [1.165, 1.54) is 0 Å². The number of halogens is 1. The maximum absolute atomic E-state index is 6.16. The highest BCUT2D eigenvalue weighted by atomic mass is 127. The summed E-state index contributed by atoms with van der Waals surface area (Å²) in [7, 11) is 0. The Kier molecular flexibility index (Phi) is 7.99. The van der Waals surface area contributed by atoms with Gasteiger partial charge >= 0.3 is 0 Å². The van der Waals surface area contributed by atoms with E-state index in [-0.39, 0.29) is 35.6 Å². The molecule has 0 saturated heterocycles. The summed E-state index contributed by atoms with van der Waals surface area (Å²) in [5, 5.41) is 11.5. The minimum absolute atomic E-state index is 0. The molecule has 7 nitrogen and oxygen atoms in total. The number of aromatic nitrogens is 3. The second kappa shape index (κ2) is 10.5. The van der Waals surface area contributed by atoms with Gasteiger partial charge in [-0.25, -0.2) is 14.7 Å². The maximum atomic E-state index is 6.16. The van der Waals surface area contributed by atoms with E-state index in [0.29, 0.717) is 6.54 Å². The molecule has 1 aliphatic heterocycles. The van der Waals surface area contributed by atoms with Crippen LogP contribution in [0.15, 0.2) is 53.7 Å². The van der Waals surface area contributed by atoms with Crippen LogP contribution in [0, 0.1) is 13.8 Å². The van der Waals surface area contributed by atoms with Gasteiger partial charge in [0.2, 0.25) is 0 Å². The van der Waals surface area contributed by atoms with Crippen LogP contribution in [0.1, 0.15) is 55.7 Å². The standard InChI is InChI=1S/C25H32N6O.HI/c1-6-26-24(29-21-14-25(4,5)32-22-10-8-7-9-20(21)22)28-16-19-11-12-23(27-15-19)31-18(3)13-17(2)30-31;/h7-13,15,21H,6,14,16H2,1-5H3,(H2,26,28,29);1H. The first-order chi connectivity index (χ1) is 15.3. The molecular weight excluding hydrogens is 527 g/mol. The molecule has 0 amide bonds. The second-order valence-electron chi connectivity index (χ2n) is 8.86. The molecule has 8 heteroatoms. The van der Waals surface area contributed by atoms with Gasteiger partial charge in [0.15, 0.2) is 11.8 Å². The number of fused-ring (bicyclic) bond motifs is 1. The zero-order valence-corrected chi connectivity index (χ0v) is 22.3. The van der Waals surface area contributed by atoms with Crippen molar-refractivity contribution in [1.29, 1.82) is 0 Å². The number of aliphatic imine (C=N–C) groups is 1. The Morgan fingerprint density at radius 2 is 2.00 bits per heavy atom. The van der Waals surface area contributed by atoms with Gasteiger partial charge in [-0.05, 0) is 58.4 Å². The van der Waals surface area contributed by atoms with E-state index in [1.54, 1.807) is 0 Å². The molecule has 1 aromatic carbocycles. The molecule has 0 bridgehead atoms. The van der Waals surface area contributed by atoms with Crippen molar-refractivity contribution in [3.05, 3.63) is 71.2 Å². The monoisotopic (exact) mass is 560 g/mol. The number of rotatable bonds is 5. The third-order valence-electron chi connectivity index (χ3n) is 5.49. The van der Waals surface area contributed by atoms with E-state index in [4.69, 9.17) is 9.73 Å². The predicted molar refractivity (Wildman–Crippen MR) is 143 cm³/mol. The van der Waals surface area contributed by atoms with Gasteiger partial charge in [0, 0.05) is 30.4 Å².